The van der Waals surface area contributed by atoms with Gasteiger partial charge in [-0.2, -0.15) is 0 Å². The molecule has 2 amide bonds. The number of hydrogen-bond donors (Lipinski definition) is 0. The zero-order chi connectivity index (χ0) is 16.1. The molecule has 114 valence electrons. The molecule has 0 unspecified atom stereocenters. The van der Waals surface area contributed by atoms with Crippen LogP contribution in [0.15, 0.2) is 41.8 Å². The normalized spacial score (nSPS) is 13.7. The summed E-state index contributed by atoms with van der Waals surface area (Å²) in [5.41, 5.74) is 2.78. The van der Waals surface area contributed by atoms with Crippen molar-refractivity contribution in [3.8, 4) is 10.4 Å². The van der Waals surface area contributed by atoms with Gasteiger partial charge in [-0.15, -0.1) is 22.7 Å². The first-order valence-electron chi connectivity index (χ1n) is 7.20. The predicted octanol–water partition coefficient (Wildman–Crippen LogP) is 4.89. The van der Waals surface area contributed by atoms with Gasteiger partial charge < -0.3 is 0 Å². The molecule has 0 fully saturated rings. The van der Waals surface area contributed by atoms with Gasteiger partial charge in [0.2, 0.25) is 0 Å². The van der Waals surface area contributed by atoms with Crippen LogP contribution in [-0.2, 0) is 0 Å². The second-order valence-electron chi connectivity index (χ2n) is 5.44. The van der Waals surface area contributed by atoms with E-state index < -0.39 is 0 Å². The maximum absolute atomic E-state index is 12.8. The third-order valence-corrected chi connectivity index (χ3v) is 5.94. The summed E-state index contributed by atoms with van der Waals surface area (Å²) < 4.78 is 0. The largest absolute Gasteiger partial charge is 0.268 e. The van der Waals surface area contributed by atoms with Crippen LogP contribution in [0.1, 0.15) is 30.5 Å². The number of fused-ring (bicyclic) bond motifs is 1. The quantitative estimate of drug-likeness (QED) is 0.623. The molecule has 1 aliphatic heterocycles. The zero-order valence-electron chi connectivity index (χ0n) is 12.6. The van der Waals surface area contributed by atoms with Gasteiger partial charge in [0, 0.05) is 14.6 Å². The molecule has 2 aromatic heterocycles. The van der Waals surface area contributed by atoms with Crippen molar-refractivity contribution in [3.63, 3.8) is 0 Å². The van der Waals surface area contributed by atoms with E-state index >= 15 is 0 Å². The highest BCUT2D eigenvalue weighted by atomic mass is 32.1. The van der Waals surface area contributed by atoms with Gasteiger partial charge >= 0.3 is 0 Å². The van der Waals surface area contributed by atoms with E-state index in [1.165, 1.54) is 16.2 Å². The second kappa shape index (κ2) is 5.15. The van der Waals surface area contributed by atoms with Crippen molar-refractivity contribution in [2.75, 3.05) is 4.90 Å². The minimum absolute atomic E-state index is 0.213. The smallest absolute Gasteiger partial charge is 0.267 e. The van der Waals surface area contributed by atoms with Gasteiger partial charge in [0.1, 0.15) is 0 Å². The Labute approximate surface area is 141 Å². The van der Waals surface area contributed by atoms with Crippen molar-refractivity contribution in [1.82, 2.24) is 0 Å². The summed E-state index contributed by atoms with van der Waals surface area (Å²) in [5.74, 6) is -0.426. The maximum atomic E-state index is 12.8. The molecule has 0 bridgehead atoms. The highest BCUT2D eigenvalue weighted by Crippen LogP contribution is 2.38. The molecule has 3 aromatic rings. The SMILES string of the molecule is Cc1sc(C)c2c1C(=O)N(c1cccc(-c3cccs3)c1)C2=O. The summed E-state index contributed by atoms with van der Waals surface area (Å²) in [4.78, 5) is 29.7. The number of thiophene rings is 2. The minimum atomic E-state index is -0.213. The fourth-order valence-electron chi connectivity index (χ4n) is 2.99. The maximum Gasteiger partial charge on any atom is 0.267 e. The van der Waals surface area contributed by atoms with Crippen molar-refractivity contribution >= 4 is 40.2 Å². The van der Waals surface area contributed by atoms with Gasteiger partial charge in [0.25, 0.3) is 11.8 Å². The summed E-state index contributed by atoms with van der Waals surface area (Å²) in [7, 11) is 0. The molecule has 0 atom stereocenters. The first-order chi connectivity index (χ1) is 11.1. The molecule has 0 radical (unpaired) electrons. The van der Waals surface area contributed by atoms with E-state index in [-0.39, 0.29) is 11.8 Å². The van der Waals surface area contributed by atoms with E-state index in [9.17, 15) is 9.59 Å². The number of aryl methyl sites for hydroxylation is 2. The number of carbonyl (C=O) groups is 2. The highest BCUT2D eigenvalue weighted by Gasteiger charge is 2.40. The second-order valence-corrected chi connectivity index (χ2v) is 7.81. The molecule has 1 aromatic carbocycles. The number of amides is 2. The van der Waals surface area contributed by atoms with Gasteiger partial charge in [0.05, 0.1) is 16.8 Å². The number of benzene rings is 1. The number of hydrogen-bond acceptors (Lipinski definition) is 4. The molecule has 3 nitrogen and oxygen atoms in total. The Morgan fingerprint density at radius 1 is 0.913 bits per heavy atom. The van der Waals surface area contributed by atoms with Crippen LogP contribution in [0.25, 0.3) is 10.4 Å². The number of anilines is 1. The number of rotatable bonds is 2. The highest BCUT2D eigenvalue weighted by molar-refractivity contribution is 7.13. The Hall–Kier alpha value is -2.24. The molecule has 4 rings (SSSR count). The van der Waals surface area contributed by atoms with Gasteiger partial charge in [0.15, 0.2) is 0 Å². The minimum Gasteiger partial charge on any atom is -0.268 e. The molecule has 5 heteroatoms. The van der Waals surface area contributed by atoms with Crippen molar-refractivity contribution in [2.24, 2.45) is 0 Å². The molecule has 0 spiro atoms. The third kappa shape index (κ3) is 2.08. The number of carbonyl (C=O) groups excluding carboxylic acids is 2. The summed E-state index contributed by atoms with van der Waals surface area (Å²) in [5, 5.41) is 2.01. The van der Waals surface area contributed by atoms with Crippen LogP contribution >= 0.6 is 22.7 Å². The van der Waals surface area contributed by atoms with E-state index in [0.29, 0.717) is 16.8 Å². The summed E-state index contributed by atoms with van der Waals surface area (Å²) in [6, 6.07) is 11.6. The number of nitrogens with zero attached hydrogens (tertiary/aromatic N) is 1. The summed E-state index contributed by atoms with van der Waals surface area (Å²) in [6.07, 6.45) is 0. The molecular formula is C18H13NO2S2. The average molecular weight is 339 g/mol. The molecule has 0 aliphatic carbocycles. The van der Waals surface area contributed by atoms with Crippen LogP contribution in [0.5, 0.6) is 0 Å². The van der Waals surface area contributed by atoms with Crippen molar-refractivity contribution in [2.45, 2.75) is 13.8 Å². The first-order valence-corrected chi connectivity index (χ1v) is 8.90. The lowest BCUT2D eigenvalue weighted by Crippen LogP contribution is -2.29. The Kier molecular flexibility index (Phi) is 3.21. The molecule has 0 saturated heterocycles. The lowest BCUT2D eigenvalue weighted by molar-refractivity contribution is 0.0926. The van der Waals surface area contributed by atoms with Gasteiger partial charge in [-0.05, 0) is 43.0 Å². The third-order valence-electron chi connectivity index (χ3n) is 4.00. The molecule has 23 heavy (non-hydrogen) atoms. The van der Waals surface area contributed by atoms with Crippen LogP contribution in [0, 0.1) is 13.8 Å². The van der Waals surface area contributed by atoms with Crippen LogP contribution in [0.3, 0.4) is 0 Å². The van der Waals surface area contributed by atoms with Gasteiger partial charge in [-0.3, -0.25) is 9.59 Å². The van der Waals surface area contributed by atoms with Crippen LogP contribution in [0.4, 0.5) is 5.69 Å². The summed E-state index contributed by atoms with van der Waals surface area (Å²) >= 11 is 3.15. The summed E-state index contributed by atoms with van der Waals surface area (Å²) in [6.45, 7) is 3.79. The Bertz CT molecular complexity index is 902. The van der Waals surface area contributed by atoms with Crippen molar-refractivity contribution in [1.29, 1.82) is 0 Å². The fraction of sp³-hybridized carbons (Fsp3) is 0.111. The van der Waals surface area contributed by atoms with E-state index in [0.717, 1.165) is 20.2 Å². The van der Waals surface area contributed by atoms with Crippen LogP contribution < -0.4 is 4.90 Å². The Morgan fingerprint density at radius 2 is 1.61 bits per heavy atom. The van der Waals surface area contributed by atoms with Crippen LogP contribution in [-0.4, -0.2) is 11.8 Å². The van der Waals surface area contributed by atoms with Crippen LogP contribution in [0.2, 0.25) is 0 Å². The predicted molar refractivity (Wildman–Crippen MR) is 94.7 cm³/mol. The monoisotopic (exact) mass is 339 g/mol. The van der Waals surface area contributed by atoms with E-state index in [4.69, 9.17) is 0 Å². The fourth-order valence-corrected chi connectivity index (χ4v) is 4.76. The van der Waals surface area contributed by atoms with E-state index in [2.05, 4.69) is 0 Å². The topological polar surface area (TPSA) is 37.4 Å². The Morgan fingerprint density at radius 3 is 2.22 bits per heavy atom. The van der Waals surface area contributed by atoms with Gasteiger partial charge in [-0.25, -0.2) is 4.90 Å². The lowest BCUT2D eigenvalue weighted by Gasteiger charge is -2.15. The van der Waals surface area contributed by atoms with E-state index in [1.54, 1.807) is 11.3 Å². The average Bonchev–Trinajstić information content (AvgIpc) is 3.20. The van der Waals surface area contributed by atoms with Gasteiger partial charge in [-0.1, -0.05) is 18.2 Å². The first kappa shape index (κ1) is 14.4. The lowest BCUT2D eigenvalue weighted by atomic mass is 10.1. The molecule has 0 saturated carbocycles. The van der Waals surface area contributed by atoms with E-state index in [1.807, 2.05) is 55.6 Å². The standard InChI is InChI=1S/C18H13NO2S2/c1-10-15-16(11(2)23-10)18(21)19(17(15)20)13-6-3-5-12(9-13)14-7-4-8-22-14/h3-9H,1-2H3. The molecule has 0 N–H and O–H groups in total. The molecule has 3 heterocycles. The van der Waals surface area contributed by atoms with Crippen molar-refractivity contribution in [3.05, 3.63) is 62.7 Å². The number of imide groups is 1. The molecular weight excluding hydrogens is 326 g/mol. The zero-order valence-corrected chi connectivity index (χ0v) is 14.3. The van der Waals surface area contributed by atoms with Crippen molar-refractivity contribution < 1.29 is 9.59 Å². The Balaban J connectivity index is 1.81. The molecule has 1 aliphatic rings.